The van der Waals surface area contributed by atoms with Crippen LogP contribution in [0.1, 0.15) is 12.8 Å². The summed E-state index contributed by atoms with van der Waals surface area (Å²) >= 11 is 0. The summed E-state index contributed by atoms with van der Waals surface area (Å²) in [6.07, 6.45) is 2.65. The van der Waals surface area contributed by atoms with E-state index in [0.717, 1.165) is 48.8 Å². The highest BCUT2D eigenvalue weighted by Gasteiger charge is 2.14. The molecule has 142 valence electrons. The summed E-state index contributed by atoms with van der Waals surface area (Å²) in [7, 11) is 0. The standard InChI is InChI=1S/C22H27N3O2/c1-7-24(8-1)11-13-26-17-3-5-19-20-6-4-18(16-22(20)23-21(19)15-17)27-14-12-25-9-2-10-25/h3-6,15-16,23H,1-2,7-14H2. The van der Waals surface area contributed by atoms with Crippen molar-refractivity contribution in [2.24, 2.45) is 0 Å². The summed E-state index contributed by atoms with van der Waals surface area (Å²) in [5.74, 6) is 1.86. The zero-order chi connectivity index (χ0) is 18.1. The van der Waals surface area contributed by atoms with E-state index in [1.807, 2.05) is 0 Å². The lowest BCUT2D eigenvalue weighted by molar-refractivity contribution is 0.147. The van der Waals surface area contributed by atoms with Crippen LogP contribution in [0, 0.1) is 0 Å². The zero-order valence-corrected chi connectivity index (χ0v) is 15.7. The first-order chi connectivity index (χ1) is 13.3. The van der Waals surface area contributed by atoms with Crippen LogP contribution in [-0.4, -0.2) is 67.3 Å². The van der Waals surface area contributed by atoms with Crippen molar-refractivity contribution in [1.82, 2.24) is 14.8 Å². The molecule has 0 saturated carbocycles. The molecule has 3 heterocycles. The molecule has 1 aromatic heterocycles. The number of aromatic amines is 1. The molecule has 1 N–H and O–H groups in total. The maximum atomic E-state index is 5.94. The van der Waals surface area contributed by atoms with Crippen LogP contribution in [0.3, 0.4) is 0 Å². The van der Waals surface area contributed by atoms with Crippen LogP contribution in [0.25, 0.3) is 21.8 Å². The fourth-order valence-electron chi connectivity index (χ4n) is 3.84. The molecule has 27 heavy (non-hydrogen) atoms. The molecule has 5 heteroatoms. The lowest BCUT2D eigenvalue weighted by Crippen LogP contribution is -2.39. The van der Waals surface area contributed by atoms with E-state index in [9.17, 15) is 0 Å². The molecular formula is C22H27N3O2. The Labute approximate surface area is 159 Å². The first kappa shape index (κ1) is 16.9. The van der Waals surface area contributed by atoms with Crippen LogP contribution in [0.2, 0.25) is 0 Å². The van der Waals surface area contributed by atoms with E-state index < -0.39 is 0 Å². The molecule has 2 saturated heterocycles. The second-order valence-corrected chi connectivity index (χ2v) is 7.63. The summed E-state index contributed by atoms with van der Waals surface area (Å²) in [6, 6.07) is 12.7. The molecule has 3 aromatic rings. The average Bonchev–Trinajstić information content (AvgIpc) is 2.96. The minimum atomic E-state index is 0.751. The smallest absolute Gasteiger partial charge is 0.121 e. The number of benzene rings is 2. The van der Waals surface area contributed by atoms with Gasteiger partial charge in [0.05, 0.1) is 11.0 Å². The predicted octanol–water partition coefficient (Wildman–Crippen LogP) is 3.49. The molecule has 5 rings (SSSR count). The van der Waals surface area contributed by atoms with Gasteiger partial charge in [-0.25, -0.2) is 0 Å². The minimum absolute atomic E-state index is 0.751. The minimum Gasteiger partial charge on any atom is -0.492 e. The van der Waals surface area contributed by atoms with Gasteiger partial charge in [-0.2, -0.15) is 0 Å². The van der Waals surface area contributed by atoms with E-state index in [0.29, 0.717) is 0 Å². The Kier molecular flexibility index (Phi) is 4.64. The monoisotopic (exact) mass is 365 g/mol. The Morgan fingerprint density at radius 2 is 1.19 bits per heavy atom. The van der Waals surface area contributed by atoms with Gasteiger partial charge in [0.15, 0.2) is 0 Å². The van der Waals surface area contributed by atoms with Gasteiger partial charge >= 0.3 is 0 Å². The molecule has 0 amide bonds. The first-order valence-electron chi connectivity index (χ1n) is 10.1. The second-order valence-electron chi connectivity index (χ2n) is 7.63. The van der Waals surface area contributed by atoms with Crippen LogP contribution < -0.4 is 9.47 Å². The van der Waals surface area contributed by atoms with Crippen LogP contribution in [0.15, 0.2) is 36.4 Å². The highest BCUT2D eigenvalue weighted by atomic mass is 16.5. The third kappa shape index (κ3) is 3.62. The van der Waals surface area contributed by atoms with Crippen molar-refractivity contribution in [3.05, 3.63) is 36.4 Å². The Bertz CT molecular complexity index is 854. The van der Waals surface area contributed by atoms with Gasteiger partial charge in [-0.1, -0.05) is 0 Å². The fourth-order valence-corrected chi connectivity index (χ4v) is 3.84. The van der Waals surface area contributed by atoms with E-state index in [2.05, 4.69) is 51.2 Å². The lowest BCUT2D eigenvalue weighted by atomic mass is 10.1. The van der Waals surface area contributed by atoms with Crippen molar-refractivity contribution in [3.8, 4) is 11.5 Å². The van der Waals surface area contributed by atoms with E-state index in [4.69, 9.17) is 9.47 Å². The first-order valence-corrected chi connectivity index (χ1v) is 10.1. The molecule has 0 bridgehead atoms. The quantitative estimate of drug-likeness (QED) is 0.663. The number of nitrogens with zero attached hydrogens (tertiary/aromatic N) is 2. The fraction of sp³-hybridized carbons (Fsp3) is 0.455. The van der Waals surface area contributed by atoms with E-state index in [1.165, 1.54) is 49.8 Å². The maximum Gasteiger partial charge on any atom is 0.121 e. The second kappa shape index (κ2) is 7.41. The van der Waals surface area contributed by atoms with Gasteiger partial charge in [0, 0.05) is 36.0 Å². The van der Waals surface area contributed by atoms with Crippen molar-refractivity contribution in [2.75, 3.05) is 52.5 Å². The molecule has 2 fully saturated rings. The predicted molar refractivity (Wildman–Crippen MR) is 109 cm³/mol. The lowest BCUT2D eigenvalue weighted by Gasteiger charge is -2.30. The van der Waals surface area contributed by atoms with Crippen molar-refractivity contribution >= 4 is 21.8 Å². The number of hydrogen-bond acceptors (Lipinski definition) is 4. The summed E-state index contributed by atoms with van der Waals surface area (Å²) in [5.41, 5.74) is 2.23. The summed E-state index contributed by atoms with van der Waals surface area (Å²) in [4.78, 5) is 8.36. The van der Waals surface area contributed by atoms with Gasteiger partial charge in [-0.05, 0) is 63.3 Å². The van der Waals surface area contributed by atoms with E-state index in [-0.39, 0.29) is 0 Å². The average molecular weight is 365 g/mol. The van der Waals surface area contributed by atoms with Crippen molar-refractivity contribution in [1.29, 1.82) is 0 Å². The normalized spacial score (nSPS) is 17.8. The van der Waals surface area contributed by atoms with Crippen molar-refractivity contribution in [3.63, 3.8) is 0 Å². The highest BCUT2D eigenvalue weighted by molar-refractivity contribution is 6.07. The number of aromatic nitrogens is 1. The van der Waals surface area contributed by atoms with Gasteiger partial charge in [0.1, 0.15) is 24.7 Å². The highest BCUT2D eigenvalue weighted by Crippen LogP contribution is 2.30. The number of hydrogen-bond donors (Lipinski definition) is 1. The number of nitrogens with one attached hydrogen (secondary N) is 1. The molecule has 2 aliphatic heterocycles. The summed E-state index contributed by atoms with van der Waals surface area (Å²) in [6.45, 7) is 8.40. The zero-order valence-electron chi connectivity index (χ0n) is 15.7. The molecule has 0 radical (unpaired) electrons. The Hall–Kier alpha value is -2.24. The third-order valence-electron chi connectivity index (χ3n) is 5.79. The van der Waals surface area contributed by atoms with Gasteiger partial charge in [0.25, 0.3) is 0 Å². The molecule has 2 aromatic carbocycles. The molecule has 0 aliphatic carbocycles. The van der Waals surface area contributed by atoms with Crippen LogP contribution in [-0.2, 0) is 0 Å². The van der Waals surface area contributed by atoms with Crippen LogP contribution in [0.5, 0.6) is 11.5 Å². The Morgan fingerprint density at radius 1 is 0.704 bits per heavy atom. The Balaban J connectivity index is 1.27. The largest absolute Gasteiger partial charge is 0.492 e. The molecule has 0 spiro atoms. The summed E-state index contributed by atoms with van der Waals surface area (Å²) < 4.78 is 11.9. The number of fused-ring (bicyclic) bond motifs is 3. The SMILES string of the molecule is c1cc2c(cc1OCCN1CCC1)[nH]c1cc(OCCN3CCC3)ccc12. The number of H-pyrrole nitrogens is 1. The molecule has 5 nitrogen and oxygen atoms in total. The molecule has 0 unspecified atom stereocenters. The molecular weight excluding hydrogens is 338 g/mol. The van der Waals surface area contributed by atoms with Crippen molar-refractivity contribution < 1.29 is 9.47 Å². The van der Waals surface area contributed by atoms with E-state index >= 15 is 0 Å². The van der Waals surface area contributed by atoms with Crippen LogP contribution >= 0.6 is 0 Å². The number of rotatable bonds is 8. The Morgan fingerprint density at radius 3 is 1.59 bits per heavy atom. The van der Waals surface area contributed by atoms with Gasteiger partial charge in [-0.15, -0.1) is 0 Å². The van der Waals surface area contributed by atoms with Crippen molar-refractivity contribution in [2.45, 2.75) is 12.8 Å². The molecule has 2 aliphatic rings. The maximum absolute atomic E-state index is 5.94. The van der Waals surface area contributed by atoms with Gasteiger partial charge < -0.3 is 14.5 Å². The molecule has 0 atom stereocenters. The number of ether oxygens (including phenoxy) is 2. The van der Waals surface area contributed by atoms with Crippen LogP contribution in [0.4, 0.5) is 0 Å². The third-order valence-corrected chi connectivity index (χ3v) is 5.79. The summed E-state index contributed by atoms with van der Waals surface area (Å²) in [5, 5.41) is 2.46. The van der Waals surface area contributed by atoms with Gasteiger partial charge in [-0.3, -0.25) is 9.80 Å². The van der Waals surface area contributed by atoms with Gasteiger partial charge in [0.2, 0.25) is 0 Å². The topological polar surface area (TPSA) is 40.7 Å². The van der Waals surface area contributed by atoms with E-state index in [1.54, 1.807) is 0 Å². The number of likely N-dealkylation sites (tertiary alicyclic amines) is 2.